The molecule has 0 fully saturated rings. The standard InChI is InChI=1S/C11H13N3O3/c1-4-7-8(6-12-3)9(11(16)17)13-14(5-2)10(7)15/h4,6H,1,5H2,2-3H3,(H,16,17). The van der Waals surface area contributed by atoms with Crippen LogP contribution in [-0.4, -0.2) is 34.1 Å². The maximum atomic E-state index is 11.9. The molecule has 6 heteroatoms. The first-order valence-electron chi connectivity index (χ1n) is 4.99. The van der Waals surface area contributed by atoms with Gasteiger partial charge in [0.05, 0.1) is 5.56 Å². The highest BCUT2D eigenvalue weighted by Crippen LogP contribution is 2.08. The van der Waals surface area contributed by atoms with E-state index in [0.29, 0.717) is 6.54 Å². The largest absolute Gasteiger partial charge is 0.476 e. The monoisotopic (exact) mass is 235 g/mol. The Balaban J connectivity index is 3.76. The molecule has 0 aliphatic rings. The maximum Gasteiger partial charge on any atom is 0.357 e. The minimum atomic E-state index is -1.20. The summed E-state index contributed by atoms with van der Waals surface area (Å²) in [6.07, 6.45) is 2.62. The molecule has 0 amide bonds. The number of hydrogen-bond donors (Lipinski definition) is 1. The van der Waals surface area contributed by atoms with Crippen molar-refractivity contribution in [3.63, 3.8) is 0 Å². The van der Waals surface area contributed by atoms with Crippen LogP contribution in [0.15, 0.2) is 16.4 Å². The molecule has 0 spiro atoms. The van der Waals surface area contributed by atoms with Crippen molar-refractivity contribution in [2.45, 2.75) is 13.5 Å². The van der Waals surface area contributed by atoms with Gasteiger partial charge in [-0.2, -0.15) is 5.10 Å². The third kappa shape index (κ3) is 2.30. The number of hydrogen-bond acceptors (Lipinski definition) is 4. The lowest BCUT2D eigenvalue weighted by Gasteiger charge is -2.08. The molecule has 6 nitrogen and oxygen atoms in total. The van der Waals surface area contributed by atoms with Gasteiger partial charge in [0.25, 0.3) is 5.56 Å². The minimum Gasteiger partial charge on any atom is -0.476 e. The fourth-order valence-corrected chi connectivity index (χ4v) is 1.43. The quantitative estimate of drug-likeness (QED) is 0.776. The van der Waals surface area contributed by atoms with Crippen LogP contribution in [0.2, 0.25) is 0 Å². The molecular formula is C11H13N3O3. The average Bonchev–Trinajstić information content (AvgIpc) is 2.29. The molecule has 1 aromatic rings. The highest BCUT2D eigenvalue weighted by Gasteiger charge is 2.18. The molecule has 0 aliphatic heterocycles. The molecule has 0 unspecified atom stereocenters. The third-order valence-electron chi connectivity index (χ3n) is 2.20. The highest BCUT2D eigenvalue weighted by atomic mass is 16.4. The first kappa shape index (κ1) is 12.8. The Kier molecular flexibility index (Phi) is 3.92. The number of aromatic nitrogens is 2. The Hall–Kier alpha value is -2.24. The second-order valence-corrected chi connectivity index (χ2v) is 3.19. The number of carboxylic acid groups (broad SMARTS) is 1. The van der Waals surface area contributed by atoms with Gasteiger partial charge in [-0.05, 0) is 6.92 Å². The van der Waals surface area contributed by atoms with Crippen molar-refractivity contribution in [3.8, 4) is 0 Å². The molecule has 0 saturated heterocycles. The van der Waals surface area contributed by atoms with Gasteiger partial charge in [0, 0.05) is 25.4 Å². The van der Waals surface area contributed by atoms with E-state index in [-0.39, 0.29) is 22.4 Å². The van der Waals surface area contributed by atoms with E-state index in [0.717, 1.165) is 4.68 Å². The number of aromatic carboxylic acids is 1. The van der Waals surface area contributed by atoms with Crippen LogP contribution >= 0.6 is 0 Å². The minimum absolute atomic E-state index is 0.185. The van der Waals surface area contributed by atoms with Crippen LogP contribution < -0.4 is 5.56 Å². The zero-order chi connectivity index (χ0) is 13.0. The highest BCUT2D eigenvalue weighted by molar-refractivity contribution is 5.98. The van der Waals surface area contributed by atoms with Crippen molar-refractivity contribution in [1.82, 2.24) is 9.78 Å². The number of aliphatic imine (C=N–C) groups is 1. The van der Waals surface area contributed by atoms with Crippen molar-refractivity contribution in [1.29, 1.82) is 0 Å². The topological polar surface area (TPSA) is 84.5 Å². The molecule has 1 N–H and O–H groups in total. The smallest absolute Gasteiger partial charge is 0.357 e. The Labute approximate surface area is 97.9 Å². The van der Waals surface area contributed by atoms with E-state index in [1.54, 1.807) is 6.92 Å². The Morgan fingerprint density at radius 1 is 1.59 bits per heavy atom. The average molecular weight is 235 g/mol. The van der Waals surface area contributed by atoms with Crippen molar-refractivity contribution in [3.05, 3.63) is 33.8 Å². The fourth-order valence-electron chi connectivity index (χ4n) is 1.43. The summed E-state index contributed by atoms with van der Waals surface area (Å²) in [5.41, 5.74) is -0.191. The number of carbonyl (C=O) groups is 1. The molecular weight excluding hydrogens is 222 g/mol. The van der Waals surface area contributed by atoms with Crippen molar-refractivity contribution >= 4 is 18.3 Å². The van der Waals surface area contributed by atoms with Gasteiger partial charge >= 0.3 is 5.97 Å². The van der Waals surface area contributed by atoms with Gasteiger partial charge in [-0.1, -0.05) is 12.7 Å². The summed E-state index contributed by atoms with van der Waals surface area (Å²) in [5.74, 6) is -1.20. The van der Waals surface area contributed by atoms with Crippen LogP contribution in [0, 0.1) is 0 Å². The Morgan fingerprint density at radius 3 is 2.65 bits per heavy atom. The van der Waals surface area contributed by atoms with E-state index in [4.69, 9.17) is 5.11 Å². The number of rotatable bonds is 4. The first-order chi connectivity index (χ1) is 8.06. The van der Waals surface area contributed by atoms with Crippen LogP contribution in [0.25, 0.3) is 6.08 Å². The number of carboxylic acids is 1. The van der Waals surface area contributed by atoms with Crippen molar-refractivity contribution in [2.24, 2.45) is 4.99 Å². The summed E-state index contributed by atoms with van der Waals surface area (Å²) in [6, 6.07) is 0. The molecule has 0 radical (unpaired) electrons. The van der Waals surface area contributed by atoms with Crippen molar-refractivity contribution in [2.75, 3.05) is 7.05 Å². The van der Waals surface area contributed by atoms with Gasteiger partial charge in [-0.3, -0.25) is 9.79 Å². The molecule has 0 aliphatic carbocycles. The SMILES string of the molecule is C=Cc1c(C=NC)c(C(=O)O)nn(CC)c1=O. The van der Waals surface area contributed by atoms with Crippen LogP contribution in [0.1, 0.15) is 28.5 Å². The van der Waals surface area contributed by atoms with Crippen LogP contribution in [-0.2, 0) is 6.54 Å². The normalized spacial score (nSPS) is 10.7. The predicted octanol–water partition coefficient (Wildman–Crippen LogP) is 0.653. The molecule has 90 valence electrons. The molecule has 1 rings (SSSR count). The summed E-state index contributed by atoms with van der Waals surface area (Å²) in [5, 5.41) is 12.8. The molecule has 1 heterocycles. The van der Waals surface area contributed by atoms with Gasteiger partial charge in [0.1, 0.15) is 0 Å². The summed E-state index contributed by atoms with van der Waals surface area (Å²) >= 11 is 0. The molecule has 0 aromatic carbocycles. The summed E-state index contributed by atoms with van der Waals surface area (Å²) in [6.45, 7) is 5.52. The second-order valence-electron chi connectivity index (χ2n) is 3.19. The van der Waals surface area contributed by atoms with Crippen LogP contribution in [0.3, 0.4) is 0 Å². The van der Waals surface area contributed by atoms with Crippen LogP contribution in [0.5, 0.6) is 0 Å². The number of aryl methyl sites for hydroxylation is 1. The van der Waals surface area contributed by atoms with E-state index >= 15 is 0 Å². The van der Waals surface area contributed by atoms with Gasteiger partial charge < -0.3 is 5.11 Å². The van der Waals surface area contributed by atoms with Gasteiger partial charge in [0.15, 0.2) is 5.69 Å². The summed E-state index contributed by atoms with van der Waals surface area (Å²) in [7, 11) is 1.49. The van der Waals surface area contributed by atoms with Gasteiger partial charge in [0.2, 0.25) is 0 Å². The van der Waals surface area contributed by atoms with E-state index in [9.17, 15) is 9.59 Å². The zero-order valence-corrected chi connectivity index (χ0v) is 9.67. The van der Waals surface area contributed by atoms with Gasteiger partial charge in [-0.15, -0.1) is 0 Å². The van der Waals surface area contributed by atoms with Crippen molar-refractivity contribution < 1.29 is 9.90 Å². The summed E-state index contributed by atoms with van der Waals surface area (Å²) < 4.78 is 1.09. The lowest BCUT2D eigenvalue weighted by atomic mass is 10.1. The van der Waals surface area contributed by atoms with E-state index < -0.39 is 5.97 Å². The molecule has 0 saturated carbocycles. The fraction of sp³-hybridized carbons (Fsp3) is 0.273. The van der Waals surface area contributed by atoms with E-state index in [1.807, 2.05) is 0 Å². The summed E-state index contributed by atoms with van der Waals surface area (Å²) in [4.78, 5) is 26.7. The van der Waals surface area contributed by atoms with E-state index in [2.05, 4.69) is 16.7 Å². The molecule has 1 aromatic heterocycles. The molecule has 0 bridgehead atoms. The lowest BCUT2D eigenvalue weighted by molar-refractivity contribution is 0.0687. The molecule has 0 atom stereocenters. The lowest BCUT2D eigenvalue weighted by Crippen LogP contribution is -2.29. The third-order valence-corrected chi connectivity index (χ3v) is 2.20. The predicted molar refractivity (Wildman–Crippen MR) is 64.7 cm³/mol. The molecule has 17 heavy (non-hydrogen) atoms. The number of nitrogens with zero attached hydrogens (tertiary/aromatic N) is 3. The second kappa shape index (κ2) is 5.20. The van der Waals surface area contributed by atoms with E-state index in [1.165, 1.54) is 19.3 Å². The van der Waals surface area contributed by atoms with Gasteiger partial charge in [-0.25, -0.2) is 9.48 Å². The van der Waals surface area contributed by atoms with Crippen LogP contribution in [0.4, 0.5) is 0 Å². The zero-order valence-electron chi connectivity index (χ0n) is 9.67. The Bertz CT molecular complexity index is 544. The Morgan fingerprint density at radius 2 is 2.24 bits per heavy atom. The first-order valence-corrected chi connectivity index (χ1v) is 4.99. The maximum absolute atomic E-state index is 11.9.